The zero-order chi connectivity index (χ0) is 20.2. The number of tetrazole rings is 1. The maximum Gasteiger partial charge on any atom is 0.254 e. The summed E-state index contributed by atoms with van der Waals surface area (Å²) in [5.41, 5.74) is 1.55. The zero-order valence-electron chi connectivity index (χ0n) is 17.6. The molecular formula is C22H32N6O. The van der Waals surface area contributed by atoms with E-state index in [4.69, 9.17) is 0 Å². The van der Waals surface area contributed by atoms with Gasteiger partial charge in [0.05, 0.1) is 5.69 Å². The summed E-state index contributed by atoms with van der Waals surface area (Å²) in [6.45, 7) is 8.57. The van der Waals surface area contributed by atoms with Gasteiger partial charge in [-0.1, -0.05) is 13.0 Å². The lowest BCUT2D eigenvalue weighted by Crippen LogP contribution is -2.46. The molecule has 3 heterocycles. The highest BCUT2D eigenvalue weighted by molar-refractivity contribution is 5.95. The molecule has 1 aromatic heterocycles. The molecule has 0 N–H and O–H groups in total. The molecule has 1 aromatic carbocycles. The first kappa shape index (κ1) is 20.0. The highest BCUT2D eigenvalue weighted by Crippen LogP contribution is 2.24. The molecular weight excluding hydrogens is 364 g/mol. The van der Waals surface area contributed by atoms with Crippen LogP contribution >= 0.6 is 0 Å². The molecule has 156 valence electrons. The monoisotopic (exact) mass is 396 g/mol. The largest absolute Gasteiger partial charge is 0.336 e. The van der Waals surface area contributed by atoms with E-state index in [1.165, 1.54) is 32.4 Å². The summed E-state index contributed by atoms with van der Waals surface area (Å²) in [7, 11) is 0. The topological polar surface area (TPSA) is 67.2 Å². The Bertz CT molecular complexity index is 826. The van der Waals surface area contributed by atoms with E-state index >= 15 is 0 Å². The first-order chi connectivity index (χ1) is 14.1. The van der Waals surface area contributed by atoms with Crippen LogP contribution in [0.15, 0.2) is 24.3 Å². The summed E-state index contributed by atoms with van der Waals surface area (Å²) < 4.78 is 1.67. The van der Waals surface area contributed by atoms with E-state index in [-0.39, 0.29) is 5.91 Å². The number of hydrogen-bond acceptors (Lipinski definition) is 5. The number of carbonyl (C=O) groups excluding carboxylic acids is 1. The lowest BCUT2D eigenvalue weighted by molar-refractivity contribution is 0.0575. The summed E-state index contributed by atoms with van der Waals surface area (Å²) in [5, 5.41) is 11.7. The second kappa shape index (κ2) is 9.03. The Kier molecular flexibility index (Phi) is 6.23. The second-order valence-electron chi connectivity index (χ2n) is 8.65. The van der Waals surface area contributed by atoms with Crippen LogP contribution < -0.4 is 0 Å². The number of aromatic nitrogens is 4. The van der Waals surface area contributed by atoms with Crippen molar-refractivity contribution in [1.82, 2.24) is 30.0 Å². The van der Waals surface area contributed by atoms with Crippen molar-refractivity contribution < 1.29 is 4.79 Å². The van der Waals surface area contributed by atoms with Crippen LogP contribution in [0.1, 0.15) is 61.6 Å². The molecule has 2 saturated heterocycles. The Balaban J connectivity index is 1.44. The number of hydrogen-bond donors (Lipinski definition) is 0. The second-order valence-corrected chi connectivity index (χ2v) is 8.65. The van der Waals surface area contributed by atoms with Gasteiger partial charge in [-0.25, -0.2) is 0 Å². The van der Waals surface area contributed by atoms with Gasteiger partial charge in [-0.3, -0.25) is 4.79 Å². The molecule has 4 rings (SSSR count). The number of likely N-dealkylation sites (tertiary alicyclic amines) is 2. The van der Waals surface area contributed by atoms with Gasteiger partial charge < -0.3 is 9.80 Å². The molecule has 0 aliphatic carbocycles. The van der Waals surface area contributed by atoms with Gasteiger partial charge in [0, 0.05) is 24.7 Å². The molecule has 7 nitrogen and oxygen atoms in total. The van der Waals surface area contributed by atoms with Crippen LogP contribution in [-0.2, 0) is 0 Å². The molecule has 2 fully saturated rings. The van der Waals surface area contributed by atoms with Gasteiger partial charge >= 0.3 is 0 Å². The van der Waals surface area contributed by atoms with E-state index in [9.17, 15) is 4.79 Å². The van der Waals surface area contributed by atoms with Crippen LogP contribution in [0.3, 0.4) is 0 Å². The Hall–Kier alpha value is -2.28. The molecule has 0 spiro atoms. The Morgan fingerprint density at radius 2 is 1.97 bits per heavy atom. The van der Waals surface area contributed by atoms with Crippen LogP contribution in [-0.4, -0.2) is 68.1 Å². The summed E-state index contributed by atoms with van der Waals surface area (Å²) in [6, 6.07) is 8.00. The molecule has 2 aliphatic heterocycles. The van der Waals surface area contributed by atoms with Crippen LogP contribution in [0, 0.1) is 12.8 Å². The minimum Gasteiger partial charge on any atom is -0.336 e. The number of nitrogens with zero attached hydrogens (tertiary/aromatic N) is 6. The van der Waals surface area contributed by atoms with E-state index in [1.807, 2.05) is 31.2 Å². The van der Waals surface area contributed by atoms with Crippen molar-refractivity contribution in [2.45, 2.75) is 58.4 Å². The first-order valence-corrected chi connectivity index (χ1v) is 11.0. The van der Waals surface area contributed by atoms with Gasteiger partial charge in [-0.05, 0) is 93.1 Å². The van der Waals surface area contributed by atoms with Crippen molar-refractivity contribution in [3.05, 3.63) is 35.7 Å². The summed E-state index contributed by atoms with van der Waals surface area (Å²) in [6.07, 6.45) is 7.10. The fourth-order valence-corrected chi connectivity index (χ4v) is 4.59. The lowest BCUT2D eigenvalue weighted by Gasteiger charge is -2.38. The van der Waals surface area contributed by atoms with Crippen molar-refractivity contribution in [2.75, 3.05) is 26.2 Å². The molecule has 2 aromatic rings. The van der Waals surface area contributed by atoms with E-state index in [0.717, 1.165) is 49.5 Å². The number of piperidine rings is 2. The number of aryl methyl sites for hydroxylation is 1. The smallest absolute Gasteiger partial charge is 0.254 e. The quantitative estimate of drug-likeness (QED) is 0.777. The SMILES string of the molecule is Cc1nnnn1-c1cccc(C(=O)N2CCCCC2CCN2CCC(C)CC2)c1. The molecule has 1 amide bonds. The van der Waals surface area contributed by atoms with E-state index < -0.39 is 0 Å². The highest BCUT2D eigenvalue weighted by Gasteiger charge is 2.28. The fraction of sp³-hybridized carbons (Fsp3) is 0.636. The predicted octanol–water partition coefficient (Wildman–Crippen LogP) is 3.09. The third-order valence-electron chi connectivity index (χ3n) is 6.51. The first-order valence-electron chi connectivity index (χ1n) is 11.0. The van der Waals surface area contributed by atoms with Crippen molar-refractivity contribution >= 4 is 5.91 Å². The average molecular weight is 397 g/mol. The van der Waals surface area contributed by atoms with Crippen molar-refractivity contribution in [2.24, 2.45) is 5.92 Å². The molecule has 1 unspecified atom stereocenters. The fourth-order valence-electron chi connectivity index (χ4n) is 4.59. The molecule has 0 saturated carbocycles. The lowest BCUT2D eigenvalue weighted by atomic mass is 9.96. The van der Waals surface area contributed by atoms with Gasteiger partial charge in [0.2, 0.25) is 0 Å². The number of rotatable bonds is 5. The van der Waals surface area contributed by atoms with Gasteiger partial charge in [0.1, 0.15) is 0 Å². The summed E-state index contributed by atoms with van der Waals surface area (Å²) in [4.78, 5) is 18.1. The third-order valence-corrected chi connectivity index (χ3v) is 6.51. The third kappa shape index (κ3) is 4.66. The summed E-state index contributed by atoms with van der Waals surface area (Å²) in [5.74, 6) is 1.70. The van der Waals surface area contributed by atoms with Crippen LogP contribution in [0.25, 0.3) is 5.69 Å². The molecule has 7 heteroatoms. The molecule has 2 aliphatic rings. The average Bonchev–Trinajstić information content (AvgIpc) is 3.19. The van der Waals surface area contributed by atoms with E-state index in [2.05, 4.69) is 32.2 Å². The number of carbonyl (C=O) groups is 1. The van der Waals surface area contributed by atoms with Crippen molar-refractivity contribution in [3.63, 3.8) is 0 Å². The molecule has 1 atom stereocenters. The van der Waals surface area contributed by atoms with E-state index in [0.29, 0.717) is 11.9 Å². The number of amides is 1. The minimum absolute atomic E-state index is 0.134. The standard InChI is InChI=1S/C22H32N6O/c1-17-9-13-26(14-10-17)15-11-20-7-3-4-12-27(20)22(29)19-6-5-8-21(16-19)28-18(2)23-24-25-28/h5-6,8,16-17,20H,3-4,7,9-15H2,1-2H3. The highest BCUT2D eigenvalue weighted by atomic mass is 16.2. The predicted molar refractivity (Wildman–Crippen MR) is 112 cm³/mol. The Morgan fingerprint density at radius 1 is 1.14 bits per heavy atom. The van der Waals surface area contributed by atoms with E-state index in [1.54, 1.807) is 4.68 Å². The molecule has 0 bridgehead atoms. The Morgan fingerprint density at radius 3 is 2.72 bits per heavy atom. The normalized spacial score (nSPS) is 21.4. The van der Waals surface area contributed by atoms with Crippen LogP contribution in [0.5, 0.6) is 0 Å². The maximum absolute atomic E-state index is 13.4. The molecule has 0 radical (unpaired) electrons. The van der Waals surface area contributed by atoms with Gasteiger partial charge in [0.15, 0.2) is 5.82 Å². The van der Waals surface area contributed by atoms with Gasteiger partial charge in [0.25, 0.3) is 5.91 Å². The minimum atomic E-state index is 0.134. The van der Waals surface area contributed by atoms with Crippen LogP contribution in [0.2, 0.25) is 0 Å². The molecule has 29 heavy (non-hydrogen) atoms. The number of benzene rings is 1. The Labute approximate surface area is 173 Å². The van der Waals surface area contributed by atoms with Crippen LogP contribution in [0.4, 0.5) is 0 Å². The van der Waals surface area contributed by atoms with Crippen molar-refractivity contribution in [3.8, 4) is 5.69 Å². The zero-order valence-corrected chi connectivity index (χ0v) is 17.6. The van der Waals surface area contributed by atoms with Crippen molar-refractivity contribution in [1.29, 1.82) is 0 Å². The maximum atomic E-state index is 13.4. The summed E-state index contributed by atoms with van der Waals surface area (Å²) >= 11 is 0. The van der Waals surface area contributed by atoms with Gasteiger partial charge in [-0.15, -0.1) is 5.10 Å². The van der Waals surface area contributed by atoms with Gasteiger partial charge in [-0.2, -0.15) is 4.68 Å².